The van der Waals surface area contributed by atoms with E-state index in [1.165, 1.54) is 12.2 Å². The molecule has 6 heteroatoms. The highest BCUT2D eigenvalue weighted by atomic mass is 16.5. The first-order chi connectivity index (χ1) is 8.80. The van der Waals surface area contributed by atoms with Gasteiger partial charge in [0.2, 0.25) is 17.9 Å². The van der Waals surface area contributed by atoms with E-state index in [9.17, 15) is 9.59 Å². The highest BCUT2D eigenvalue weighted by molar-refractivity contribution is 5.35. The average Bonchev–Trinajstić information content (AvgIpc) is 2.24. The molecular weight excluding hydrogens is 246 g/mol. The van der Waals surface area contributed by atoms with Crippen LogP contribution in [0.15, 0.2) is 9.98 Å². The predicted molar refractivity (Wildman–Crippen MR) is 66.3 cm³/mol. The third kappa shape index (κ3) is 3.75. The van der Waals surface area contributed by atoms with Crippen LogP contribution in [-0.2, 0) is 14.3 Å². The molecule has 0 amide bonds. The van der Waals surface area contributed by atoms with E-state index in [0.29, 0.717) is 12.8 Å². The van der Waals surface area contributed by atoms with Gasteiger partial charge in [0, 0.05) is 12.8 Å². The van der Waals surface area contributed by atoms with Crippen LogP contribution in [0.3, 0.4) is 0 Å². The number of isocyanates is 2. The first-order valence-corrected chi connectivity index (χ1v) is 6.00. The quantitative estimate of drug-likeness (QED) is 0.441. The molecule has 1 aliphatic rings. The molecule has 2 unspecified atom stereocenters. The average molecular weight is 263 g/mol. The molecule has 0 bridgehead atoms. The van der Waals surface area contributed by atoms with Gasteiger partial charge in [-0.15, -0.1) is 0 Å². The molecule has 102 valence electrons. The topological polar surface area (TPSA) is 91.9 Å². The van der Waals surface area contributed by atoms with E-state index < -0.39 is 5.72 Å². The van der Waals surface area contributed by atoms with Crippen LogP contribution in [0.5, 0.6) is 0 Å². The molecule has 2 atom stereocenters. The van der Waals surface area contributed by atoms with Gasteiger partial charge in [-0.05, 0) is 17.3 Å². The highest BCUT2D eigenvalue weighted by Crippen LogP contribution is 2.52. The van der Waals surface area contributed by atoms with Gasteiger partial charge < -0.3 is 4.74 Å². The van der Waals surface area contributed by atoms with Gasteiger partial charge in [-0.1, -0.05) is 20.8 Å². The molecule has 0 N–H and O–H groups in total. The maximum Gasteiger partial charge on any atom is 0.288 e. The van der Waals surface area contributed by atoms with Crippen molar-refractivity contribution >= 4 is 12.2 Å². The summed E-state index contributed by atoms with van der Waals surface area (Å²) in [6.45, 7) is 6.21. The number of rotatable bonds is 4. The van der Waals surface area contributed by atoms with Crippen LogP contribution >= 0.6 is 0 Å². The van der Waals surface area contributed by atoms with Crippen LogP contribution in [0, 0.1) is 22.3 Å². The minimum Gasteiger partial charge on any atom is -0.396 e. The molecule has 0 heterocycles. The minimum atomic E-state index is -1.20. The third-order valence-corrected chi connectivity index (χ3v) is 3.37. The van der Waals surface area contributed by atoms with Gasteiger partial charge in [-0.25, -0.2) is 14.6 Å². The van der Waals surface area contributed by atoms with Crippen molar-refractivity contribution in [3.63, 3.8) is 0 Å². The zero-order valence-corrected chi connectivity index (χ0v) is 11.4. The molecule has 0 saturated heterocycles. The van der Waals surface area contributed by atoms with E-state index in [2.05, 4.69) is 9.98 Å². The number of ether oxygens (including phenoxy) is 1. The lowest BCUT2D eigenvalue weighted by atomic mass is 9.61. The van der Waals surface area contributed by atoms with E-state index in [1.807, 2.05) is 20.8 Å². The first-order valence-electron chi connectivity index (χ1n) is 6.00. The highest BCUT2D eigenvalue weighted by Gasteiger charge is 2.51. The second-order valence-corrected chi connectivity index (χ2v) is 6.26. The fourth-order valence-electron chi connectivity index (χ4n) is 3.43. The zero-order chi connectivity index (χ0) is 14.6. The number of hydrogen-bond acceptors (Lipinski definition) is 6. The van der Waals surface area contributed by atoms with Gasteiger partial charge in [0.1, 0.15) is 0 Å². The van der Waals surface area contributed by atoms with E-state index in [1.54, 1.807) is 6.26 Å². The molecule has 1 saturated carbocycles. The summed E-state index contributed by atoms with van der Waals surface area (Å²) in [6.07, 6.45) is 6.20. The Morgan fingerprint density at radius 2 is 1.84 bits per heavy atom. The van der Waals surface area contributed by atoms with Gasteiger partial charge >= 0.3 is 0 Å². The molecule has 1 aliphatic carbocycles. The van der Waals surface area contributed by atoms with E-state index >= 15 is 0 Å². The normalized spacial score (nSPS) is 32.3. The van der Waals surface area contributed by atoms with Crippen molar-refractivity contribution in [2.75, 3.05) is 6.54 Å². The third-order valence-electron chi connectivity index (χ3n) is 3.37. The van der Waals surface area contributed by atoms with Crippen molar-refractivity contribution < 1.29 is 14.3 Å². The van der Waals surface area contributed by atoms with Crippen LogP contribution in [0.4, 0.5) is 0 Å². The Balaban J connectivity index is 3.16. The molecule has 6 nitrogen and oxygen atoms in total. The Morgan fingerprint density at radius 3 is 2.37 bits per heavy atom. The summed E-state index contributed by atoms with van der Waals surface area (Å²) >= 11 is 0. The predicted octanol–water partition coefficient (Wildman–Crippen LogP) is 2.07. The van der Waals surface area contributed by atoms with E-state index in [4.69, 9.17) is 10.00 Å². The lowest BCUT2D eigenvalue weighted by Gasteiger charge is -2.48. The van der Waals surface area contributed by atoms with Crippen LogP contribution in [0.1, 0.15) is 40.0 Å². The lowest BCUT2D eigenvalue weighted by molar-refractivity contribution is -0.0828. The Bertz CT molecular complexity index is 484. The van der Waals surface area contributed by atoms with Gasteiger partial charge in [-0.2, -0.15) is 10.3 Å². The molecule has 0 radical (unpaired) electrons. The summed E-state index contributed by atoms with van der Waals surface area (Å²) in [5.74, 6) is 0. The van der Waals surface area contributed by atoms with Crippen LogP contribution in [0.25, 0.3) is 0 Å². The van der Waals surface area contributed by atoms with Crippen molar-refractivity contribution in [3.8, 4) is 6.26 Å². The van der Waals surface area contributed by atoms with Crippen molar-refractivity contribution in [3.05, 3.63) is 0 Å². The smallest absolute Gasteiger partial charge is 0.288 e. The molecule has 0 aliphatic heterocycles. The molecule has 0 aromatic heterocycles. The van der Waals surface area contributed by atoms with Crippen molar-refractivity contribution in [1.82, 2.24) is 0 Å². The number of nitrogens with zero attached hydrogens (tertiary/aromatic N) is 3. The second kappa shape index (κ2) is 5.36. The fourth-order valence-corrected chi connectivity index (χ4v) is 3.43. The first kappa shape index (κ1) is 15.1. The van der Waals surface area contributed by atoms with Gasteiger partial charge in [0.15, 0.2) is 0 Å². The Hall–Kier alpha value is -1.95. The van der Waals surface area contributed by atoms with Crippen LogP contribution < -0.4 is 0 Å². The number of hydrogen-bond donors (Lipinski definition) is 0. The summed E-state index contributed by atoms with van der Waals surface area (Å²) in [5, 5.41) is 8.78. The molecule has 0 aromatic carbocycles. The summed E-state index contributed by atoms with van der Waals surface area (Å²) in [6, 6.07) is 0. The van der Waals surface area contributed by atoms with Crippen LogP contribution in [-0.4, -0.2) is 24.4 Å². The summed E-state index contributed by atoms with van der Waals surface area (Å²) in [4.78, 5) is 28.3. The molecule has 0 aromatic rings. The Kier molecular flexibility index (Phi) is 4.26. The van der Waals surface area contributed by atoms with Gasteiger partial charge in [-0.3, -0.25) is 0 Å². The molecule has 0 spiro atoms. The Labute approximate surface area is 112 Å². The molecular formula is C13H17N3O3. The molecule has 19 heavy (non-hydrogen) atoms. The summed E-state index contributed by atoms with van der Waals surface area (Å²) < 4.78 is 5.06. The standard InChI is InChI=1S/C13H17N3O3/c1-11(2)4-12(3,7-15-9-17)6-13(5-11,16-10-18)19-8-14/h4-7H2,1-3H3. The van der Waals surface area contributed by atoms with Crippen molar-refractivity contribution in [2.24, 2.45) is 20.8 Å². The van der Waals surface area contributed by atoms with Crippen molar-refractivity contribution in [2.45, 2.75) is 45.8 Å². The summed E-state index contributed by atoms with van der Waals surface area (Å²) in [7, 11) is 0. The fraction of sp³-hybridized carbons (Fsp3) is 0.769. The molecule has 1 rings (SSSR count). The van der Waals surface area contributed by atoms with Crippen LogP contribution in [0.2, 0.25) is 0 Å². The maximum absolute atomic E-state index is 10.6. The van der Waals surface area contributed by atoms with Gasteiger partial charge in [0.25, 0.3) is 6.26 Å². The second-order valence-electron chi connectivity index (χ2n) is 6.26. The Morgan fingerprint density at radius 1 is 1.16 bits per heavy atom. The monoisotopic (exact) mass is 263 g/mol. The summed E-state index contributed by atoms with van der Waals surface area (Å²) in [5.41, 5.74) is -1.77. The number of nitriles is 1. The number of carbonyl (C=O) groups excluding carboxylic acids is 2. The SMILES string of the molecule is CC1(C)CC(C)(CN=C=O)CC(N=C=O)(OC#N)C1. The van der Waals surface area contributed by atoms with E-state index in [-0.39, 0.29) is 17.4 Å². The largest absolute Gasteiger partial charge is 0.396 e. The maximum atomic E-state index is 10.6. The number of aliphatic imine (C=N–C) groups is 2. The lowest BCUT2D eigenvalue weighted by Crippen LogP contribution is -2.48. The zero-order valence-electron chi connectivity index (χ0n) is 11.4. The van der Waals surface area contributed by atoms with Gasteiger partial charge in [0.05, 0.1) is 6.54 Å². The van der Waals surface area contributed by atoms with Crippen molar-refractivity contribution in [1.29, 1.82) is 5.26 Å². The minimum absolute atomic E-state index is 0.192. The molecule has 1 fully saturated rings. The van der Waals surface area contributed by atoms with E-state index in [0.717, 1.165) is 6.42 Å².